The second-order valence-electron chi connectivity index (χ2n) is 3.80. The lowest BCUT2D eigenvalue weighted by Gasteiger charge is -1.97. The minimum atomic E-state index is -0.480. The molecule has 1 aromatic carbocycles. The van der Waals surface area contributed by atoms with E-state index in [9.17, 15) is 4.79 Å². The summed E-state index contributed by atoms with van der Waals surface area (Å²) in [4.78, 5) is 15.4. The molecule has 0 aliphatic rings. The molecule has 0 atom stereocenters. The van der Waals surface area contributed by atoms with E-state index >= 15 is 0 Å². The predicted molar refractivity (Wildman–Crippen MR) is 69.0 cm³/mol. The van der Waals surface area contributed by atoms with Gasteiger partial charge in [0, 0.05) is 23.3 Å². The number of hydrogen-bond acceptors (Lipinski definition) is 3. The maximum absolute atomic E-state index is 11.3. The summed E-state index contributed by atoms with van der Waals surface area (Å²) in [7, 11) is 0. The summed E-state index contributed by atoms with van der Waals surface area (Å²) in [5, 5.41) is 4.65. The summed E-state index contributed by atoms with van der Waals surface area (Å²) in [6, 6.07) is 9.01. The monoisotopic (exact) mass is 257 g/mol. The standard InChI is InChI=1S/C13H8ClN3O/c14-13(18)10-4-1-5-12-11(10)8-17(16-12)9-3-2-6-15-7-9/h1-8H. The fourth-order valence-electron chi connectivity index (χ4n) is 1.84. The van der Waals surface area contributed by atoms with Crippen LogP contribution in [0.25, 0.3) is 16.6 Å². The van der Waals surface area contributed by atoms with Crippen molar-refractivity contribution in [1.29, 1.82) is 0 Å². The Kier molecular flexibility index (Phi) is 2.57. The van der Waals surface area contributed by atoms with E-state index in [2.05, 4.69) is 10.1 Å². The van der Waals surface area contributed by atoms with Crippen molar-refractivity contribution in [2.24, 2.45) is 0 Å². The third-order valence-corrected chi connectivity index (χ3v) is 2.88. The second kappa shape index (κ2) is 4.23. The first-order valence-corrected chi connectivity index (χ1v) is 5.72. The number of pyridine rings is 1. The number of nitrogens with zero attached hydrogens (tertiary/aromatic N) is 3. The molecular formula is C13H8ClN3O. The molecule has 0 N–H and O–H groups in total. The zero-order valence-electron chi connectivity index (χ0n) is 9.25. The van der Waals surface area contributed by atoms with Gasteiger partial charge in [-0.25, -0.2) is 4.68 Å². The highest BCUT2D eigenvalue weighted by atomic mass is 35.5. The number of fused-ring (bicyclic) bond motifs is 1. The number of aromatic nitrogens is 3. The lowest BCUT2D eigenvalue weighted by Crippen LogP contribution is -1.93. The zero-order chi connectivity index (χ0) is 12.5. The van der Waals surface area contributed by atoms with Gasteiger partial charge < -0.3 is 0 Å². The van der Waals surface area contributed by atoms with Crippen molar-refractivity contribution in [2.75, 3.05) is 0 Å². The van der Waals surface area contributed by atoms with Gasteiger partial charge in [-0.05, 0) is 35.9 Å². The zero-order valence-corrected chi connectivity index (χ0v) is 10.0. The molecule has 3 aromatic rings. The Morgan fingerprint density at radius 2 is 2.11 bits per heavy atom. The summed E-state index contributed by atoms with van der Waals surface area (Å²) in [6.07, 6.45) is 5.18. The van der Waals surface area contributed by atoms with Crippen LogP contribution < -0.4 is 0 Å². The fraction of sp³-hybridized carbons (Fsp3) is 0. The van der Waals surface area contributed by atoms with Gasteiger partial charge in [-0.2, -0.15) is 5.10 Å². The van der Waals surface area contributed by atoms with Crippen molar-refractivity contribution in [2.45, 2.75) is 0 Å². The molecule has 5 heteroatoms. The molecule has 0 saturated heterocycles. The van der Waals surface area contributed by atoms with Crippen LogP contribution in [0.3, 0.4) is 0 Å². The number of hydrogen-bond donors (Lipinski definition) is 0. The number of carbonyl (C=O) groups excluding carboxylic acids is 1. The summed E-state index contributed by atoms with van der Waals surface area (Å²) in [5.74, 6) is 0. The topological polar surface area (TPSA) is 47.8 Å². The van der Waals surface area contributed by atoms with Gasteiger partial charge in [0.15, 0.2) is 0 Å². The fourth-order valence-corrected chi connectivity index (χ4v) is 2.00. The summed E-state index contributed by atoms with van der Waals surface area (Å²) >= 11 is 5.55. The molecule has 3 rings (SSSR count). The number of halogens is 1. The number of benzene rings is 1. The summed E-state index contributed by atoms with van der Waals surface area (Å²) < 4.78 is 1.68. The second-order valence-corrected chi connectivity index (χ2v) is 4.14. The Hall–Kier alpha value is -2.20. The van der Waals surface area contributed by atoms with Crippen LogP contribution in [0.2, 0.25) is 0 Å². The smallest absolute Gasteiger partial charge is 0.253 e. The Morgan fingerprint density at radius 1 is 1.22 bits per heavy atom. The van der Waals surface area contributed by atoms with Crippen molar-refractivity contribution in [3.63, 3.8) is 0 Å². The van der Waals surface area contributed by atoms with E-state index in [1.54, 1.807) is 35.4 Å². The van der Waals surface area contributed by atoms with Crippen LogP contribution in [0.1, 0.15) is 10.4 Å². The molecule has 88 valence electrons. The minimum absolute atomic E-state index is 0.462. The molecule has 2 aromatic heterocycles. The van der Waals surface area contributed by atoms with Gasteiger partial charge in [0.1, 0.15) is 0 Å². The molecule has 0 aliphatic carbocycles. The van der Waals surface area contributed by atoms with E-state index in [0.717, 1.165) is 16.6 Å². The third kappa shape index (κ3) is 1.76. The van der Waals surface area contributed by atoms with Crippen LogP contribution in [0.15, 0.2) is 48.9 Å². The highest BCUT2D eigenvalue weighted by Gasteiger charge is 2.10. The average molecular weight is 258 g/mol. The lowest BCUT2D eigenvalue weighted by molar-refractivity contribution is 0.108. The Balaban J connectivity index is 2.23. The van der Waals surface area contributed by atoms with Gasteiger partial charge in [0.2, 0.25) is 0 Å². The SMILES string of the molecule is O=C(Cl)c1cccc2nn(-c3cccnc3)cc12. The quantitative estimate of drug-likeness (QED) is 0.663. The molecule has 0 aliphatic heterocycles. The Bertz CT molecular complexity index is 721. The largest absolute Gasteiger partial charge is 0.276 e. The van der Waals surface area contributed by atoms with Gasteiger partial charge >= 0.3 is 0 Å². The molecule has 2 heterocycles. The van der Waals surface area contributed by atoms with Crippen molar-refractivity contribution in [3.05, 3.63) is 54.5 Å². The van der Waals surface area contributed by atoms with E-state index in [4.69, 9.17) is 11.6 Å². The van der Waals surface area contributed by atoms with Crippen molar-refractivity contribution >= 4 is 27.7 Å². The van der Waals surface area contributed by atoms with Crippen LogP contribution in [0.5, 0.6) is 0 Å². The number of carbonyl (C=O) groups is 1. The molecule has 4 nitrogen and oxygen atoms in total. The summed E-state index contributed by atoms with van der Waals surface area (Å²) in [6.45, 7) is 0. The van der Waals surface area contributed by atoms with Gasteiger partial charge in [-0.3, -0.25) is 9.78 Å². The van der Waals surface area contributed by atoms with Gasteiger partial charge in [-0.15, -0.1) is 0 Å². The molecule has 0 saturated carbocycles. The van der Waals surface area contributed by atoms with Crippen LogP contribution in [-0.4, -0.2) is 20.0 Å². The predicted octanol–water partition coefficient (Wildman–Crippen LogP) is 2.80. The first-order chi connectivity index (χ1) is 8.75. The van der Waals surface area contributed by atoms with Crippen LogP contribution in [0, 0.1) is 0 Å². The van der Waals surface area contributed by atoms with E-state index in [0.29, 0.717) is 5.56 Å². The lowest BCUT2D eigenvalue weighted by atomic mass is 10.1. The molecule has 0 fully saturated rings. The van der Waals surface area contributed by atoms with Gasteiger partial charge in [0.05, 0.1) is 17.4 Å². The Morgan fingerprint density at radius 3 is 2.83 bits per heavy atom. The van der Waals surface area contributed by atoms with E-state index in [1.807, 2.05) is 18.2 Å². The van der Waals surface area contributed by atoms with Crippen molar-refractivity contribution < 1.29 is 4.79 Å². The van der Waals surface area contributed by atoms with E-state index in [-0.39, 0.29) is 0 Å². The van der Waals surface area contributed by atoms with Crippen LogP contribution >= 0.6 is 11.6 Å². The molecule has 0 radical (unpaired) electrons. The van der Waals surface area contributed by atoms with Crippen LogP contribution in [-0.2, 0) is 0 Å². The first-order valence-electron chi connectivity index (χ1n) is 5.34. The maximum Gasteiger partial charge on any atom is 0.253 e. The first kappa shape index (κ1) is 10.9. The molecule has 0 bridgehead atoms. The highest BCUT2D eigenvalue weighted by Crippen LogP contribution is 2.20. The van der Waals surface area contributed by atoms with Gasteiger partial charge in [0.25, 0.3) is 5.24 Å². The molecular weight excluding hydrogens is 250 g/mol. The normalized spacial score (nSPS) is 10.7. The van der Waals surface area contributed by atoms with E-state index in [1.165, 1.54) is 0 Å². The Labute approximate surface area is 108 Å². The average Bonchev–Trinajstić information content (AvgIpc) is 2.83. The van der Waals surface area contributed by atoms with Crippen molar-refractivity contribution in [1.82, 2.24) is 14.8 Å². The van der Waals surface area contributed by atoms with E-state index < -0.39 is 5.24 Å². The van der Waals surface area contributed by atoms with Crippen LogP contribution in [0.4, 0.5) is 0 Å². The molecule has 0 amide bonds. The molecule has 18 heavy (non-hydrogen) atoms. The molecule has 0 spiro atoms. The summed E-state index contributed by atoms with van der Waals surface area (Å²) in [5.41, 5.74) is 2.02. The maximum atomic E-state index is 11.3. The highest BCUT2D eigenvalue weighted by molar-refractivity contribution is 6.68. The van der Waals surface area contributed by atoms with Crippen molar-refractivity contribution in [3.8, 4) is 5.69 Å². The number of rotatable bonds is 2. The minimum Gasteiger partial charge on any atom is -0.276 e. The van der Waals surface area contributed by atoms with Gasteiger partial charge in [-0.1, -0.05) is 6.07 Å². The molecule has 0 unspecified atom stereocenters. The third-order valence-electron chi connectivity index (χ3n) is 2.67.